The predicted octanol–water partition coefficient (Wildman–Crippen LogP) is 8.47. The fourth-order valence-corrected chi connectivity index (χ4v) is 10.1. The number of anilines is 1. The van der Waals surface area contributed by atoms with Gasteiger partial charge in [0.05, 0.1) is 10.1 Å². The molecule has 0 saturated carbocycles. The molecule has 2 N–H and O–H groups in total. The van der Waals surface area contributed by atoms with Gasteiger partial charge in [0.2, 0.25) is 0 Å². The van der Waals surface area contributed by atoms with Crippen LogP contribution in [0.1, 0.15) is 0 Å². The van der Waals surface area contributed by atoms with Gasteiger partial charge in [0.1, 0.15) is 0 Å². The number of rotatable bonds is 6. The second-order valence-electron chi connectivity index (χ2n) is 11.9. The first-order valence-electron chi connectivity index (χ1n) is 17.2. The first kappa shape index (κ1) is 46.0. The number of hydrogen-bond donors (Lipinski definition) is 1. The van der Waals surface area contributed by atoms with Crippen molar-refractivity contribution in [3.8, 4) is 11.1 Å². The van der Waals surface area contributed by atoms with Crippen LogP contribution in [0, 0.1) is 6.07 Å². The average Bonchev–Trinajstić information content (AvgIpc) is 3.94. The summed E-state index contributed by atoms with van der Waals surface area (Å²) >= 11 is 0. The Morgan fingerprint density at radius 3 is 1.50 bits per heavy atom. The van der Waals surface area contributed by atoms with E-state index in [4.69, 9.17) is 18.7 Å². The Balaban J connectivity index is 0.000000211. The van der Waals surface area contributed by atoms with E-state index >= 15 is 0 Å². The summed E-state index contributed by atoms with van der Waals surface area (Å²) in [5, 5.41) is 8.47. The van der Waals surface area contributed by atoms with Crippen molar-refractivity contribution in [3.05, 3.63) is 224 Å². The molecular formula is C47H41FeNO3P2PdS. The smallest absolute Gasteiger partial charge is 0.748 e. The van der Waals surface area contributed by atoms with E-state index in [1.807, 2.05) is 48.5 Å². The van der Waals surface area contributed by atoms with Crippen molar-refractivity contribution in [1.29, 1.82) is 0 Å². The first-order valence-corrected chi connectivity index (χ1v) is 21.7. The van der Waals surface area contributed by atoms with E-state index in [-0.39, 0.29) is 37.5 Å². The van der Waals surface area contributed by atoms with E-state index < -0.39 is 25.6 Å². The number of hydrogen-bond acceptors (Lipinski definition) is 4. The van der Waals surface area contributed by atoms with Crippen LogP contribution in [0.5, 0.6) is 0 Å². The SMILES string of the molecule is C1=CC(=[P+](c2ccccc2)c2ccccc2)C=C1.CS(=O)(=O)[O-].Nc1ccccc1-c1[c-]cccc1.[Fe+2].[Pd].c1ccc(P(c2ccccc2)c2ccc[cH-]2)cc1. The maximum atomic E-state index is 9.08. The molecule has 0 spiro atoms. The van der Waals surface area contributed by atoms with Gasteiger partial charge in [-0.2, -0.15) is 12.1 Å². The van der Waals surface area contributed by atoms with Gasteiger partial charge in [0.25, 0.3) is 0 Å². The molecule has 7 aromatic rings. The zero-order valence-electron chi connectivity index (χ0n) is 30.6. The molecule has 56 heavy (non-hydrogen) atoms. The largest absolute Gasteiger partial charge is 2.00 e. The second-order valence-corrected chi connectivity index (χ2v) is 17.7. The average molecular weight is 924 g/mol. The van der Waals surface area contributed by atoms with E-state index in [0.717, 1.165) is 16.8 Å². The molecule has 0 aromatic heterocycles. The van der Waals surface area contributed by atoms with Gasteiger partial charge in [-0.1, -0.05) is 133 Å². The number of benzene rings is 6. The summed E-state index contributed by atoms with van der Waals surface area (Å²) < 4.78 is 27.2. The van der Waals surface area contributed by atoms with Crippen molar-refractivity contribution < 1.29 is 50.5 Å². The van der Waals surface area contributed by atoms with Crippen LogP contribution in [0.4, 0.5) is 5.69 Å². The number of allylic oxidation sites excluding steroid dienone is 4. The van der Waals surface area contributed by atoms with Crippen LogP contribution in [0.15, 0.2) is 218 Å². The molecule has 0 amide bonds. The van der Waals surface area contributed by atoms with Crippen molar-refractivity contribution in [2.24, 2.45) is 0 Å². The second kappa shape index (κ2) is 24.3. The Morgan fingerprint density at radius 2 is 1.07 bits per heavy atom. The normalized spacial score (nSPS) is 10.9. The molecule has 0 aliphatic heterocycles. The van der Waals surface area contributed by atoms with Crippen molar-refractivity contribution >= 4 is 63.1 Å². The van der Waals surface area contributed by atoms with Crippen molar-refractivity contribution in [2.75, 3.05) is 12.0 Å². The minimum atomic E-state index is -3.92. The van der Waals surface area contributed by atoms with E-state index in [1.165, 1.54) is 31.8 Å². The molecule has 4 nitrogen and oxygen atoms in total. The molecule has 8 rings (SSSR count). The van der Waals surface area contributed by atoms with Gasteiger partial charge in [0, 0.05) is 26.7 Å². The third kappa shape index (κ3) is 14.9. The Labute approximate surface area is 358 Å². The molecule has 0 saturated heterocycles. The van der Waals surface area contributed by atoms with Crippen LogP contribution >= 0.6 is 15.5 Å². The molecule has 0 bridgehead atoms. The predicted molar refractivity (Wildman–Crippen MR) is 234 cm³/mol. The molecule has 1 aliphatic carbocycles. The van der Waals surface area contributed by atoms with Gasteiger partial charge in [-0.15, -0.1) is 41.2 Å². The molecular weight excluding hydrogens is 883 g/mol. The molecule has 0 atom stereocenters. The summed E-state index contributed by atoms with van der Waals surface area (Å²) in [5.41, 5.74) is 8.72. The van der Waals surface area contributed by atoms with Crippen molar-refractivity contribution in [3.63, 3.8) is 0 Å². The van der Waals surface area contributed by atoms with Gasteiger partial charge in [-0.05, 0) is 66.7 Å². The van der Waals surface area contributed by atoms with Crippen LogP contribution in [0.25, 0.3) is 11.1 Å². The molecule has 0 fully saturated rings. The Kier molecular flexibility index (Phi) is 20.0. The number of nitrogen functional groups attached to an aromatic ring is 1. The fraction of sp³-hybridized carbons (Fsp3) is 0.0213. The summed E-state index contributed by atoms with van der Waals surface area (Å²) in [7, 11) is -4.73. The van der Waals surface area contributed by atoms with Crippen LogP contribution in [-0.2, 0) is 47.6 Å². The van der Waals surface area contributed by atoms with Gasteiger partial charge < -0.3 is 10.3 Å². The van der Waals surface area contributed by atoms with Gasteiger partial charge >= 0.3 is 17.1 Å². The quantitative estimate of drug-likeness (QED) is 0.0597. The monoisotopic (exact) mass is 923 g/mol. The zero-order valence-corrected chi connectivity index (χ0v) is 35.8. The van der Waals surface area contributed by atoms with Crippen molar-refractivity contribution in [2.45, 2.75) is 0 Å². The maximum Gasteiger partial charge on any atom is 2.00 e. The number of para-hydroxylation sites is 1. The minimum Gasteiger partial charge on any atom is -0.748 e. The van der Waals surface area contributed by atoms with Crippen LogP contribution < -0.4 is 32.3 Å². The fourth-order valence-electron chi connectivity index (χ4n) is 5.53. The summed E-state index contributed by atoms with van der Waals surface area (Å²) in [6.45, 7) is 0. The molecule has 0 heterocycles. The van der Waals surface area contributed by atoms with Gasteiger partial charge in [-0.3, -0.25) is 0 Å². The van der Waals surface area contributed by atoms with Gasteiger partial charge in [0.15, 0.2) is 23.4 Å². The summed E-state index contributed by atoms with van der Waals surface area (Å²) in [4.78, 5) is 0. The molecule has 1 aliphatic rings. The third-order valence-corrected chi connectivity index (χ3v) is 12.7. The summed E-state index contributed by atoms with van der Waals surface area (Å²) in [6.07, 6.45) is 9.30. The van der Waals surface area contributed by atoms with E-state index in [9.17, 15) is 0 Å². The Hall–Kier alpha value is -4.36. The maximum absolute atomic E-state index is 9.08. The Morgan fingerprint density at radius 1 is 0.625 bits per heavy atom. The van der Waals surface area contributed by atoms with E-state index in [2.05, 4.69) is 176 Å². The van der Waals surface area contributed by atoms with Crippen LogP contribution in [0.3, 0.4) is 0 Å². The van der Waals surface area contributed by atoms with Crippen molar-refractivity contribution in [1.82, 2.24) is 0 Å². The Bertz CT molecular complexity index is 2260. The zero-order chi connectivity index (χ0) is 38.0. The molecule has 9 heteroatoms. The first-order chi connectivity index (χ1) is 26.3. The third-order valence-electron chi connectivity index (χ3n) is 7.82. The standard InChI is InChI=1S/2C17H14P.C12H10N.CH4O3S.Fe.Pd/c2*1-3-9-15(10-4-1)18(17-13-7-8-14-17)16-11-5-2-6-12-16;13-12-9-5-4-8-11(12)10-6-2-1-3-7-10;1-5(2,3)4;;/h2*1-14H;1-6,8-9H,13H2;1H3,(H,2,3,4);;/q-1;+1;-1;;+2;/p-1. The van der Waals surface area contributed by atoms with Gasteiger partial charge in [-0.25, -0.2) is 20.6 Å². The molecule has 0 radical (unpaired) electrons. The molecule has 286 valence electrons. The summed E-state index contributed by atoms with van der Waals surface area (Å²) in [5.74, 6) is 0. The summed E-state index contributed by atoms with van der Waals surface area (Å²) in [6, 6.07) is 70.6. The minimum absolute atomic E-state index is 0. The van der Waals surface area contributed by atoms with Crippen LogP contribution in [0.2, 0.25) is 0 Å². The van der Waals surface area contributed by atoms with E-state index in [0.29, 0.717) is 6.26 Å². The number of nitrogens with two attached hydrogens (primary N) is 1. The van der Waals surface area contributed by atoms with Crippen LogP contribution in [-0.4, -0.2) is 24.5 Å². The topological polar surface area (TPSA) is 83.2 Å². The molecule has 7 aromatic carbocycles. The van der Waals surface area contributed by atoms with E-state index in [1.54, 1.807) is 0 Å². The molecule has 0 unspecified atom stereocenters.